The van der Waals surface area contributed by atoms with Crippen LogP contribution in [0.15, 0.2) is 0 Å². The maximum atomic E-state index is 11.4. The van der Waals surface area contributed by atoms with Crippen molar-refractivity contribution in [3.05, 3.63) is 0 Å². The van der Waals surface area contributed by atoms with Gasteiger partial charge in [-0.1, -0.05) is 19.3 Å². The molecule has 1 aliphatic rings. The number of cyclic esters (lactones) is 1. The Morgan fingerprint density at radius 1 is 1.11 bits per heavy atom. The molecule has 1 aliphatic heterocycles. The molecule has 1 heterocycles. The van der Waals surface area contributed by atoms with Crippen molar-refractivity contribution < 1.29 is 14.3 Å². The molecule has 1 rings (SSSR count). The van der Waals surface area contributed by atoms with Crippen molar-refractivity contribution in [2.45, 2.75) is 58.0 Å². The number of carbonyl (C=O) groups is 2. The average molecular weight is 256 g/mol. The molecule has 0 spiro atoms. The lowest BCUT2D eigenvalue weighted by Crippen LogP contribution is -2.37. The summed E-state index contributed by atoms with van der Waals surface area (Å²) in [5, 5.41) is 5.58. The fourth-order valence-corrected chi connectivity index (χ4v) is 1.99. The molecule has 0 aromatic carbocycles. The predicted octanol–water partition coefficient (Wildman–Crippen LogP) is 1.33. The number of esters is 1. The minimum atomic E-state index is -0.258. The van der Waals surface area contributed by atoms with E-state index in [0.717, 1.165) is 38.5 Å². The van der Waals surface area contributed by atoms with Crippen LogP contribution in [0.4, 0.5) is 0 Å². The largest absolute Gasteiger partial charge is 0.462 e. The minimum absolute atomic E-state index is 0.0148. The standard InChI is InChI=1S/C13H24N2O3/c1-11-7-5-3-2-4-6-8-12(16)15-10-14-9-13(17)18-11/h11,14H,2-10H2,1H3,(H,15,16). The van der Waals surface area contributed by atoms with Gasteiger partial charge in [0.1, 0.15) is 0 Å². The van der Waals surface area contributed by atoms with Gasteiger partial charge in [-0.15, -0.1) is 0 Å². The van der Waals surface area contributed by atoms with Crippen LogP contribution in [0.3, 0.4) is 0 Å². The third-order valence-corrected chi connectivity index (χ3v) is 3.03. The molecule has 18 heavy (non-hydrogen) atoms. The molecule has 0 bridgehead atoms. The van der Waals surface area contributed by atoms with E-state index in [1.54, 1.807) is 0 Å². The predicted molar refractivity (Wildman–Crippen MR) is 68.9 cm³/mol. The van der Waals surface area contributed by atoms with Crippen molar-refractivity contribution >= 4 is 11.9 Å². The number of hydrogen-bond acceptors (Lipinski definition) is 4. The second-order valence-corrected chi connectivity index (χ2v) is 4.81. The van der Waals surface area contributed by atoms with Crippen molar-refractivity contribution in [1.29, 1.82) is 0 Å². The molecule has 0 saturated carbocycles. The van der Waals surface area contributed by atoms with Gasteiger partial charge in [-0.05, 0) is 26.2 Å². The Labute approximate surface area is 109 Å². The number of ether oxygens (including phenoxy) is 1. The van der Waals surface area contributed by atoms with Gasteiger partial charge in [-0.25, -0.2) is 0 Å². The molecule has 1 atom stereocenters. The summed E-state index contributed by atoms with van der Waals surface area (Å²) in [5.74, 6) is -0.217. The van der Waals surface area contributed by atoms with Gasteiger partial charge in [0.25, 0.3) is 0 Å². The van der Waals surface area contributed by atoms with Crippen molar-refractivity contribution in [3.8, 4) is 0 Å². The lowest BCUT2D eigenvalue weighted by molar-refractivity contribution is -0.147. The summed E-state index contributed by atoms with van der Waals surface area (Å²) in [7, 11) is 0. The number of rotatable bonds is 0. The Morgan fingerprint density at radius 3 is 2.67 bits per heavy atom. The topological polar surface area (TPSA) is 67.4 Å². The zero-order valence-electron chi connectivity index (χ0n) is 11.2. The van der Waals surface area contributed by atoms with Crippen molar-refractivity contribution in [1.82, 2.24) is 10.6 Å². The lowest BCUT2D eigenvalue weighted by atomic mass is 10.1. The smallest absolute Gasteiger partial charge is 0.320 e. The van der Waals surface area contributed by atoms with Crippen LogP contribution in [-0.2, 0) is 14.3 Å². The molecular formula is C13H24N2O3. The molecule has 0 aliphatic carbocycles. The van der Waals surface area contributed by atoms with E-state index in [1.165, 1.54) is 0 Å². The fraction of sp³-hybridized carbons (Fsp3) is 0.846. The molecule has 5 nitrogen and oxygen atoms in total. The molecule has 0 aromatic rings. The first-order valence-electron chi connectivity index (χ1n) is 6.85. The van der Waals surface area contributed by atoms with E-state index in [1.807, 2.05) is 6.92 Å². The van der Waals surface area contributed by atoms with E-state index < -0.39 is 0 Å². The molecule has 2 N–H and O–H groups in total. The molecule has 1 unspecified atom stereocenters. The molecule has 104 valence electrons. The van der Waals surface area contributed by atoms with Gasteiger partial charge in [0.05, 0.1) is 19.3 Å². The number of carbonyl (C=O) groups excluding carboxylic acids is 2. The number of hydrogen-bond donors (Lipinski definition) is 2. The highest BCUT2D eigenvalue weighted by Gasteiger charge is 2.09. The fourth-order valence-electron chi connectivity index (χ4n) is 1.99. The normalized spacial score (nSPS) is 25.5. The Kier molecular flexibility index (Phi) is 7.41. The first-order chi connectivity index (χ1) is 8.68. The van der Waals surface area contributed by atoms with Gasteiger partial charge in [0, 0.05) is 6.42 Å². The van der Waals surface area contributed by atoms with Gasteiger partial charge >= 0.3 is 5.97 Å². The summed E-state index contributed by atoms with van der Waals surface area (Å²) in [5.41, 5.74) is 0. The van der Waals surface area contributed by atoms with Gasteiger partial charge < -0.3 is 10.1 Å². The van der Waals surface area contributed by atoms with Gasteiger partial charge in [-0.2, -0.15) is 0 Å². The summed E-state index contributed by atoms with van der Waals surface area (Å²) in [6.45, 7) is 2.39. The minimum Gasteiger partial charge on any atom is -0.462 e. The third-order valence-electron chi connectivity index (χ3n) is 3.03. The summed E-state index contributed by atoms with van der Waals surface area (Å²) >= 11 is 0. The molecule has 1 saturated heterocycles. The Bertz CT molecular complexity index is 269. The highest BCUT2D eigenvalue weighted by Crippen LogP contribution is 2.10. The van der Waals surface area contributed by atoms with E-state index in [4.69, 9.17) is 4.74 Å². The van der Waals surface area contributed by atoms with E-state index in [9.17, 15) is 9.59 Å². The van der Waals surface area contributed by atoms with E-state index in [0.29, 0.717) is 13.1 Å². The number of amides is 1. The van der Waals surface area contributed by atoms with Gasteiger partial charge in [-0.3, -0.25) is 14.9 Å². The van der Waals surface area contributed by atoms with Gasteiger partial charge in [0.15, 0.2) is 0 Å². The molecule has 0 radical (unpaired) electrons. The highest BCUT2D eigenvalue weighted by molar-refractivity contribution is 5.76. The summed E-state index contributed by atoms with van der Waals surface area (Å²) in [6.07, 6.45) is 6.87. The average Bonchev–Trinajstić information content (AvgIpc) is 2.33. The molecular weight excluding hydrogens is 232 g/mol. The van der Waals surface area contributed by atoms with E-state index >= 15 is 0 Å². The quantitative estimate of drug-likeness (QED) is 0.642. The highest BCUT2D eigenvalue weighted by atomic mass is 16.5. The monoisotopic (exact) mass is 256 g/mol. The molecule has 0 aromatic heterocycles. The Morgan fingerprint density at radius 2 is 1.83 bits per heavy atom. The summed E-state index contributed by atoms with van der Waals surface area (Å²) < 4.78 is 5.24. The van der Waals surface area contributed by atoms with E-state index in [-0.39, 0.29) is 24.5 Å². The summed E-state index contributed by atoms with van der Waals surface area (Å²) in [6, 6.07) is 0. The molecule has 5 heteroatoms. The van der Waals surface area contributed by atoms with Crippen LogP contribution in [0.25, 0.3) is 0 Å². The maximum Gasteiger partial charge on any atom is 0.320 e. The van der Waals surface area contributed by atoms with Crippen LogP contribution in [0, 0.1) is 0 Å². The number of nitrogens with one attached hydrogen (secondary N) is 2. The van der Waals surface area contributed by atoms with E-state index in [2.05, 4.69) is 10.6 Å². The Hall–Kier alpha value is -1.10. The van der Waals surface area contributed by atoms with Gasteiger partial charge in [0.2, 0.25) is 5.91 Å². The molecule has 1 amide bonds. The Balaban J connectivity index is 2.33. The zero-order chi connectivity index (χ0) is 13.2. The van der Waals surface area contributed by atoms with Crippen molar-refractivity contribution in [2.75, 3.05) is 13.2 Å². The third kappa shape index (κ3) is 7.27. The molecule has 1 fully saturated rings. The lowest BCUT2D eigenvalue weighted by Gasteiger charge is -2.13. The second kappa shape index (κ2) is 8.91. The first-order valence-corrected chi connectivity index (χ1v) is 6.85. The first kappa shape index (κ1) is 15.0. The van der Waals surface area contributed by atoms with Crippen LogP contribution >= 0.6 is 0 Å². The van der Waals surface area contributed by atoms with Crippen LogP contribution in [0.1, 0.15) is 51.9 Å². The second-order valence-electron chi connectivity index (χ2n) is 4.81. The summed E-state index contributed by atoms with van der Waals surface area (Å²) in [4.78, 5) is 22.8. The maximum absolute atomic E-state index is 11.4. The van der Waals surface area contributed by atoms with Crippen LogP contribution in [0.2, 0.25) is 0 Å². The SMILES string of the molecule is CC1CCCCCCCC(=O)NCNCC(=O)O1. The van der Waals surface area contributed by atoms with Crippen molar-refractivity contribution in [3.63, 3.8) is 0 Å². The van der Waals surface area contributed by atoms with Crippen LogP contribution in [-0.4, -0.2) is 31.2 Å². The van der Waals surface area contributed by atoms with Crippen LogP contribution in [0.5, 0.6) is 0 Å². The van der Waals surface area contributed by atoms with Crippen molar-refractivity contribution in [2.24, 2.45) is 0 Å². The zero-order valence-corrected chi connectivity index (χ0v) is 11.2. The van der Waals surface area contributed by atoms with Crippen LogP contribution < -0.4 is 10.6 Å².